The highest BCUT2D eigenvalue weighted by molar-refractivity contribution is 7.90. The van der Waals surface area contributed by atoms with Gasteiger partial charge in [-0.3, -0.25) is 0 Å². The van der Waals surface area contributed by atoms with E-state index in [0.717, 1.165) is 32.5 Å². The maximum atomic E-state index is 11.0. The molecule has 1 aliphatic rings. The molecule has 0 amide bonds. The smallest absolute Gasteiger partial charge is 0.147 e. The van der Waals surface area contributed by atoms with Gasteiger partial charge in [-0.15, -0.1) is 11.6 Å². The van der Waals surface area contributed by atoms with Crippen LogP contribution >= 0.6 is 11.6 Å². The highest BCUT2D eigenvalue weighted by Crippen LogP contribution is 2.36. The van der Waals surface area contributed by atoms with Crippen molar-refractivity contribution in [3.05, 3.63) is 0 Å². The van der Waals surface area contributed by atoms with Gasteiger partial charge in [0.2, 0.25) is 0 Å². The molecule has 0 aliphatic carbocycles. The molecule has 0 aromatic heterocycles. The zero-order valence-corrected chi connectivity index (χ0v) is 10.7. The average molecular weight is 255 g/mol. The molecule has 1 rings (SSSR count). The van der Waals surface area contributed by atoms with Crippen molar-refractivity contribution >= 4 is 21.4 Å². The molecule has 1 fully saturated rings. The van der Waals surface area contributed by atoms with Crippen molar-refractivity contribution < 1.29 is 13.2 Å². The van der Waals surface area contributed by atoms with Crippen LogP contribution in [-0.2, 0) is 14.6 Å². The summed E-state index contributed by atoms with van der Waals surface area (Å²) in [6, 6.07) is 0. The van der Waals surface area contributed by atoms with Crippen LogP contribution in [0.15, 0.2) is 0 Å². The maximum Gasteiger partial charge on any atom is 0.147 e. The first kappa shape index (κ1) is 13.3. The van der Waals surface area contributed by atoms with Crippen molar-refractivity contribution in [3.8, 4) is 0 Å². The van der Waals surface area contributed by atoms with E-state index in [1.54, 1.807) is 0 Å². The Bertz CT molecular complexity index is 281. The zero-order chi connectivity index (χ0) is 11.4. The number of rotatable bonds is 5. The number of hydrogen-bond donors (Lipinski definition) is 0. The molecule has 0 bridgehead atoms. The minimum absolute atomic E-state index is 0.116. The van der Waals surface area contributed by atoms with Crippen LogP contribution in [0.1, 0.15) is 25.7 Å². The fourth-order valence-corrected chi connectivity index (χ4v) is 3.03. The van der Waals surface area contributed by atoms with Gasteiger partial charge in [-0.05, 0) is 31.1 Å². The first-order chi connectivity index (χ1) is 6.97. The van der Waals surface area contributed by atoms with Crippen LogP contribution in [0.25, 0.3) is 0 Å². The fraction of sp³-hybridized carbons (Fsp3) is 1.00. The second-order valence-electron chi connectivity index (χ2n) is 4.48. The van der Waals surface area contributed by atoms with Gasteiger partial charge in [-0.2, -0.15) is 0 Å². The van der Waals surface area contributed by atoms with E-state index in [9.17, 15) is 8.42 Å². The zero-order valence-electron chi connectivity index (χ0n) is 9.17. The number of halogens is 1. The summed E-state index contributed by atoms with van der Waals surface area (Å²) in [5.74, 6) is 0.882. The van der Waals surface area contributed by atoms with Crippen LogP contribution in [0.3, 0.4) is 0 Å². The SMILES string of the molecule is CS(=O)(=O)CCCC1(CCl)CCOCC1. The molecule has 0 N–H and O–H groups in total. The van der Waals surface area contributed by atoms with E-state index in [1.165, 1.54) is 6.26 Å². The largest absolute Gasteiger partial charge is 0.381 e. The predicted octanol–water partition coefficient (Wildman–Crippen LogP) is 1.85. The minimum Gasteiger partial charge on any atom is -0.381 e. The molecule has 1 heterocycles. The van der Waals surface area contributed by atoms with Crippen molar-refractivity contribution in [1.82, 2.24) is 0 Å². The highest BCUT2D eigenvalue weighted by atomic mass is 35.5. The van der Waals surface area contributed by atoms with Gasteiger partial charge >= 0.3 is 0 Å². The number of sulfone groups is 1. The Labute approximate surface area is 97.1 Å². The summed E-state index contributed by atoms with van der Waals surface area (Å²) < 4.78 is 27.3. The molecule has 0 saturated carbocycles. The lowest BCUT2D eigenvalue weighted by atomic mass is 9.78. The molecule has 0 aromatic rings. The Morgan fingerprint density at radius 2 is 1.93 bits per heavy atom. The first-order valence-electron chi connectivity index (χ1n) is 5.29. The van der Waals surface area contributed by atoms with Gasteiger partial charge in [-0.25, -0.2) is 8.42 Å². The molecule has 1 saturated heterocycles. The summed E-state index contributed by atoms with van der Waals surface area (Å²) in [6.07, 6.45) is 4.81. The highest BCUT2D eigenvalue weighted by Gasteiger charge is 2.31. The lowest BCUT2D eigenvalue weighted by Gasteiger charge is -2.35. The summed E-state index contributed by atoms with van der Waals surface area (Å²) in [5.41, 5.74) is 0.116. The topological polar surface area (TPSA) is 43.4 Å². The van der Waals surface area contributed by atoms with Gasteiger partial charge in [0.25, 0.3) is 0 Å². The van der Waals surface area contributed by atoms with E-state index >= 15 is 0 Å². The molecule has 15 heavy (non-hydrogen) atoms. The molecule has 0 radical (unpaired) electrons. The monoisotopic (exact) mass is 254 g/mol. The van der Waals surface area contributed by atoms with Gasteiger partial charge in [0.15, 0.2) is 0 Å². The first-order valence-corrected chi connectivity index (χ1v) is 7.88. The Balaban J connectivity index is 2.39. The van der Waals surface area contributed by atoms with Crippen molar-refractivity contribution in [1.29, 1.82) is 0 Å². The molecule has 1 aliphatic heterocycles. The second kappa shape index (κ2) is 5.51. The molecule has 5 heteroatoms. The third-order valence-electron chi connectivity index (χ3n) is 3.06. The lowest BCUT2D eigenvalue weighted by Crippen LogP contribution is -2.31. The normalized spacial score (nSPS) is 21.5. The fourth-order valence-electron chi connectivity index (χ4n) is 1.96. The summed E-state index contributed by atoms with van der Waals surface area (Å²) in [7, 11) is -2.83. The van der Waals surface area contributed by atoms with E-state index < -0.39 is 9.84 Å². The molecular formula is C10H19ClO3S. The van der Waals surface area contributed by atoms with Gasteiger partial charge in [0.1, 0.15) is 9.84 Å². The van der Waals surface area contributed by atoms with E-state index in [0.29, 0.717) is 12.3 Å². The molecule has 0 unspecified atom stereocenters. The Hall–Kier alpha value is 0.200. The van der Waals surface area contributed by atoms with Gasteiger partial charge < -0.3 is 4.74 Å². The van der Waals surface area contributed by atoms with Crippen LogP contribution in [0, 0.1) is 5.41 Å². The maximum absolute atomic E-state index is 11.0. The predicted molar refractivity (Wildman–Crippen MR) is 62.2 cm³/mol. The quantitative estimate of drug-likeness (QED) is 0.704. The average Bonchev–Trinajstić information content (AvgIpc) is 2.17. The third kappa shape index (κ3) is 4.70. The molecule has 0 aromatic carbocycles. The summed E-state index contributed by atoms with van der Waals surface area (Å²) >= 11 is 5.98. The van der Waals surface area contributed by atoms with E-state index in [2.05, 4.69) is 0 Å². The summed E-state index contributed by atoms with van der Waals surface area (Å²) in [6.45, 7) is 1.51. The lowest BCUT2D eigenvalue weighted by molar-refractivity contribution is 0.0213. The summed E-state index contributed by atoms with van der Waals surface area (Å²) in [4.78, 5) is 0. The van der Waals surface area contributed by atoms with Crippen molar-refractivity contribution in [2.75, 3.05) is 31.1 Å². The van der Waals surface area contributed by atoms with Crippen molar-refractivity contribution in [3.63, 3.8) is 0 Å². The Morgan fingerprint density at radius 3 is 2.40 bits per heavy atom. The van der Waals surface area contributed by atoms with Gasteiger partial charge in [-0.1, -0.05) is 0 Å². The van der Waals surface area contributed by atoms with Crippen LogP contribution in [0.4, 0.5) is 0 Å². The van der Waals surface area contributed by atoms with Crippen LogP contribution in [0.2, 0.25) is 0 Å². The molecule has 3 nitrogen and oxygen atoms in total. The van der Waals surface area contributed by atoms with Crippen molar-refractivity contribution in [2.45, 2.75) is 25.7 Å². The standard InChI is InChI=1S/C10H19ClO3S/c1-15(12,13)8-2-3-10(9-11)4-6-14-7-5-10/h2-9H2,1H3. The van der Waals surface area contributed by atoms with Gasteiger partial charge in [0, 0.05) is 31.1 Å². The number of alkyl halides is 1. The van der Waals surface area contributed by atoms with E-state index in [-0.39, 0.29) is 11.2 Å². The summed E-state index contributed by atoms with van der Waals surface area (Å²) in [5, 5.41) is 0. The second-order valence-corrected chi connectivity index (χ2v) is 7.01. The number of hydrogen-bond acceptors (Lipinski definition) is 3. The number of ether oxygens (including phenoxy) is 1. The van der Waals surface area contributed by atoms with E-state index in [1.807, 2.05) is 0 Å². The van der Waals surface area contributed by atoms with E-state index in [4.69, 9.17) is 16.3 Å². The Morgan fingerprint density at radius 1 is 1.33 bits per heavy atom. The minimum atomic E-state index is -2.83. The van der Waals surface area contributed by atoms with Crippen molar-refractivity contribution in [2.24, 2.45) is 5.41 Å². The Kier molecular flexibility index (Phi) is 4.87. The van der Waals surface area contributed by atoms with Gasteiger partial charge in [0.05, 0.1) is 0 Å². The molecule has 0 atom stereocenters. The van der Waals surface area contributed by atoms with Crippen LogP contribution in [0.5, 0.6) is 0 Å². The van der Waals surface area contributed by atoms with Crippen LogP contribution in [-0.4, -0.2) is 39.5 Å². The molecular weight excluding hydrogens is 236 g/mol. The van der Waals surface area contributed by atoms with Crippen LogP contribution < -0.4 is 0 Å². The molecule has 90 valence electrons. The third-order valence-corrected chi connectivity index (χ3v) is 4.66. The molecule has 0 spiro atoms.